The van der Waals surface area contributed by atoms with Gasteiger partial charge >= 0.3 is 5.97 Å². The molecule has 0 heterocycles. The first kappa shape index (κ1) is 24.5. The zero-order valence-corrected chi connectivity index (χ0v) is 16.0. The fourth-order valence-corrected chi connectivity index (χ4v) is 1.63. The van der Waals surface area contributed by atoms with Gasteiger partial charge in [0.15, 0.2) is 0 Å². The molecule has 0 aliphatic carbocycles. The Kier molecular flexibility index (Phi) is 13.8. The Balaban J connectivity index is 0.000000577. The van der Waals surface area contributed by atoms with Crippen LogP contribution in [0.15, 0.2) is 30.3 Å². The Hall–Kier alpha value is -1.51. The second kappa shape index (κ2) is 14.6. The third kappa shape index (κ3) is 13.7. The number of carboxylic acid groups (broad SMARTS) is 1. The third-order valence-electron chi connectivity index (χ3n) is 3.13. The first-order valence-corrected chi connectivity index (χ1v) is 8.68. The van der Waals surface area contributed by atoms with Crippen LogP contribution in [0.25, 0.3) is 0 Å². The van der Waals surface area contributed by atoms with Crippen LogP contribution in [-0.4, -0.2) is 72.1 Å². The minimum atomic E-state index is -0.879. The Morgan fingerprint density at radius 1 is 0.885 bits per heavy atom. The highest BCUT2D eigenvalue weighted by atomic mass is 16.6. The molecule has 0 bridgehead atoms. The molecule has 0 spiro atoms. The standard InChI is InChI=1S/C12H26O5.C7H6O2/c1-9(14)6-15-11(3)8-17-12(4)7-16-10(2)5-13;8-7(9)6-4-2-1-3-5-6/h9-14H,5-8H2,1-4H3;1-5H,(H,8,9). The SMILES string of the molecule is CC(O)COC(C)COC(C)COC(C)CO.O=C(O)c1ccccc1. The van der Waals surface area contributed by atoms with E-state index in [2.05, 4.69) is 0 Å². The monoisotopic (exact) mass is 372 g/mol. The van der Waals surface area contributed by atoms with Crippen LogP contribution in [-0.2, 0) is 14.2 Å². The molecule has 1 aromatic rings. The first-order chi connectivity index (χ1) is 12.3. The number of carbonyl (C=O) groups is 1. The summed E-state index contributed by atoms with van der Waals surface area (Å²) in [7, 11) is 0. The van der Waals surface area contributed by atoms with Gasteiger partial charge in [0.2, 0.25) is 0 Å². The lowest BCUT2D eigenvalue weighted by atomic mass is 10.2. The molecule has 4 unspecified atom stereocenters. The van der Waals surface area contributed by atoms with Gasteiger partial charge in [-0.2, -0.15) is 0 Å². The highest BCUT2D eigenvalue weighted by Gasteiger charge is 2.09. The van der Waals surface area contributed by atoms with Crippen molar-refractivity contribution in [2.45, 2.75) is 52.1 Å². The predicted octanol–water partition coefficient (Wildman–Crippen LogP) is 1.96. The number of hydrogen-bond acceptors (Lipinski definition) is 6. The molecule has 0 amide bonds. The van der Waals surface area contributed by atoms with Crippen LogP contribution in [0.1, 0.15) is 38.1 Å². The number of benzene rings is 1. The van der Waals surface area contributed by atoms with E-state index in [-0.39, 0.29) is 24.9 Å². The second-order valence-corrected chi connectivity index (χ2v) is 6.13. The van der Waals surface area contributed by atoms with Crippen LogP contribution in [0.4, 0.5) is 0 Å². The quantitative estimate of drug-likeness (QED) is 0.545. The largest absolute Gasteiger partial charge is 0.478 e. The molecule has 3 N–H and O–H groups in total. The van der Waals surface area contributed by atoms with Crippen molar-refractivity contribution in [2.75, 3.05) is 26.4 Å². The number of carboxylic acids is 1. The molecule has 0 aromatic heterocycles. The molecule has 7 nitrogen and oxygen atoms in total. The fraction of sp³-hybridized carbons (Fsp3) is 0.632. The summed E-state index contributed by atoms with van der Waals surface area (Å²) in [6.45, 7) is 8.53. The zero-order chi connectivity index (χ0) is 19.9. The van der Waals surface area contributed by atoms with Gasteiger partial charge in [0.1, 0.15) is 0 Å². The number of hydrogen-bond donors (Lipinski definition) is 3. The van der Waals surface area contributed by atoms with Crippen LogP contribution in [0.5, 0.6) is 0 Å². The summed E-state index contributed by atoms with van der Waals surface area (Å²) in [6.07, 6.45) is -0.711. The highest BCUT2D eigenvalue weighted by molar-refractivity contribution is 5.87. The van der Waals surface area contributed by atoms with Gasteiger partial charge in [-0.05, 0) is 39.8 Å². The Labute approximate surface area is 155 Å². The molecule has 4 atom stereocenters. The van der Waals surface area contributed by atoms with Gasteiger partial charge in [0.05, 0.1) is 56.4 Å². The van der Waals surface area contributed by atoms with E-state index in [9.17, 15) is 4.79 Å². The number of ether oxygens (including phenoxy) is 3. The van der Waals surface area contributed by atoms with Gasteiger partial charge in [-0.25, -0.2) is 4.79 Å². The Morgan fingerprint density at radius 2 is 1.35 bits per heavy atom. The Morgan fingerprint density at radius 3 is 1.73 bits per heavy atom. The molecule has 1 aromatic carbocycles. The van der Waals surface area contributed by atoms with E-state index in [0.717, 1.165) is 0 Å². The van der Waals surface area contributed by atoms with Crippen molar-refractivity contribution >= 4 is 5.97 Å². The summed E-state index contributed by atoms with van der Waals surface area (Å²) in [6, 6.07) is 8.30. The van der Waals surface area contributed by atoms with E-state index < -0.39 is 12.1 Å². The lowest BCUT2D eigenvalue weighted by Crippen LogP contribution is -2.27. The second-order valence-electron chi connectivity index (χ2n) is 6.13. The molecule has 0 radical (unpaired) electrons. The van der Waals surface area contributed by atoms with Crippen molar-refractivity contribution in [1.29, 1.82) is 0 Å². The maximum atomic E-state index is 10.2. The Bertz CT molecular complexity index is 464. The van der Waals surface area contributed by atoms with Crippen LogP contribution < -0.4 is 0 Å². The predicted molar refractivity (Wildman–Crippen MR) is 98.4 cm³/mol. The summed E-state index contributed by atoms with van der Waals surface area (Å²) >= 11 is 0. The number of aromatic carboxylic acids is 1. The molecule has 0 saturated heterocycles. The van der Waals surface area contributed by atoms with Crippen molar-refractivity contribution in [1.82, 2.24) is 0 Å². The zero-order valence-electron chi connectivity index (χ0n) is 16.0. The molecule has 7 heteroatoms. The smallest absolute Gasteiger partial charge is 0.335 e. The topological polar surface area (TPSA) is 105 Å². The van der Waals surface area contributed by atoms with Gasteiger partial charge in [-0.1, -0.05) is 18.2 Å². The molecule has 1 rings (SSSR count). The van der Waals surface area contributed by atoms with E-state index in [4.69, 9.17) is 29.5 Å². The summed E-state index contributed by atoms with van der Waals surface area (Å²) < 4.78 is 16.2. The molecular formula is C19H32O7. The van der Waals surface area contributed by atoms with E-state index in [1.165, 1.54) is 0 Å². The fourth-order valence-electron chi connectivity index (χ4n) is 1.63. The summed E-state index contributed by atoms with van der Waals surface area (Å²) in [5, 5.41) is 26.2. The van der Waals surface area contributed by atoms with Crippen LogP contribution in [0.3, 0.4) is 0 Å². The lowest BCUT2D eigenvalue weighted by Gasteiger charge is -2.19. The number of rotatable bonds is 11. The minimum absolute atomic E-state index is 0.0145. The summed E-state index contributed by atoms with van der Waals surface area (Å²) in [5.74, 6) is -0.879. The normalized spacial score (nSPS) is 15.3. The molecule has 150 valence electrons. The van der Waals surface area contributed by atoms with Gasteiger partial charge in [-0.15, -0.1) is 0 Å². The lowest BCUT2D eigenvalue weighted by molar-refractivity contribution is -0.0825. The number of aliphatic hydroxyl groups excluding tert-OH is 2. The molecule has 0 fully saturated rings. The van der Waals surface area contributed by atoms with Gasteiger partial charge in [0.25, 0.3) is 0 Å². The molecule has 0 aliphatic rings. The van der Waals surface area contributed by atoms with Crippen molar-refractivity contribution in [2.24, 2.45) is 0 Å². The average Bonchev–Trinajstić information content (AvgIpc) is 2.63. The molecular weight excluding hydrogens is 340 g/mol. The molecule has 0 saturated carbocycles. The van der Waals surface area contributed by atoms with Gasteiger partial charge < -0.3 is 29.5 Å². The highest BCUT2D eigenvalue weighted by Crippen LogP contribution is 2.00. The maximum absolute atomic E-state index is 10.2. The van der Waals surface area contributed by atoms with Crippen molar-refractivity contribution in [3.8, 4) is 0 Å². The van der Waals surface area contributed by atoms with E-state index in [0.29, 0.717) is 25.4 Å². The van der Waals surface area contributed by atoms with Crippen LogP contribution in [0, 0.1) is 0 Å². The van der Waals surface area contributed by atoms with Gasteiger partial charge in [0, 0.05) is 0 Å². The van der Waals surface area contributed by atoms with Crippen LogP contribution in [0.2, 0.25) is 0 Å². The molecule has 0 aliphatic heterocycles. The third-order valence-corrected chi connectivity index (χ3v) is 3.13. The summed E-state index contributed by atoms with van der Waals surface area (Å²) in [5.41, 5.74) is 0.331. The molecule has 26 heavy (non-hydrogen) atoms. The number of aliphatic hydroxyl groups is 2. The van der Waals surface area contributed by atoms with E-state index in [1.807, 2.05) is 13.8 Å². The van der Waals surface area contributed by atoms with Crippen molar-refractivity contribution < 1.29 is 34.3 Å². The maximum Gasteiger partial charge on any atom is 0.335 e. The van der Waals surface area contributed by atoms with Gasteiger partial charge in [-0.3, -0.25) is 0 Å². The van der Waals surface area contributed by atoms with E-state index in [1.54, 1.807) is 44.2 Å². The average molecular weight is 372 g/mol. The van der Waals surface area contributed by atoms with Crippen molar-refractivity contribution in [3.63, 3.8) is 0 Å². The van der Waals surface area contributed by atoms with E-state index >= 15 is 0 Å². The minimum Gasteiger partial charge on any atom is -0.478 e. The summed E-state index contributed by atoms with van der Waals surface area (Å²) in [4.78, 5) is 10.2. The van der Waals surface area contributed by atoms with Crippen LogP contribution >= 0.6 is 0 Å². The van der Waals surface area contributed by atoms with Crippen molar-refractivity contribution in [3.05, 3.63) is 35.9 Å². The first-order valence-electron chi connectivity index (χ1n) is 8.68.